The summed E-state index contributed by atoms with van der Waals surface area (Å²) in [6, 6.07) is 6.46. The first kappa shape index (κ1) is 20.8. The van der Waals surface area contributed by atoms with E-state index in [1.165, 1.54) is 22.5 Å². The van der Waals surface area contributed by atoms with Gasteiger partial charge in [0, 0.05) is 24.7 Å². The topological polar surface area (TPSA) is 51.7 Å². The van der Waals surface area contributed by atoms with Gasteiger partial charge in [0.1, 0.15) is 10.8 Å². The van der Waals surface area contributed by atoms with Crippen molar-refractivity contribution in [3.8, 4) is 5.75 Å². The molecule has 0 spiro atoms. The second kappa shape index (κ2) is 10.0. The monoisotopic (exact) mass is 402 g/mol. The Labute approximate surface area is 171 Å². The second-order valence-corrected chi connectivity index (χ2v) is 8.75. The highest BCUT2D eigenvalue weighted by atomic mass is 32.1. The third kappa shape index (κ3) is 6.04. The van der Waals surface area contributed by atoms with Crippen LogP contribution < -0.4 is 4.74 Å². The normalized spacial score (nSPS) is 15.7. The number of aryl methyl sites for hydroxylation is 1. The molecule has 1 saturated heterocycles. The SMILES string of the molecule is Cc1ccc(C(C)C)c(OCCC2CCN(OC(=O)Cc3nccs3)CC2)c1. The number of carbonyl (C=O) groups excluding carboxylic acids is 1. The highest BCUT2D eigenvalue weighted by Crippen LogP contribution is 2.28. The first-order valence-electron chi connectivity index (χ1n) is 10.1. The lowest BCUT2D eigenvalue weighted by Gasteiger charge is -2.30. The van der Waals surface area contributed by atoms with Gasteiger partial charge in [-0.1, -0.05) is 26.0 Å². The molecule has 1 aromatic carbocycles. The van der Waals surface area contributed by atoms with E-state index in [0.29, 0.717) is 11.8 Å². The van der Waals surface area contributed by atoms with Gasteiger partial charge in [0.15, 0.2) is 0 Å². The number of carbonyl (C=O) groups is 1. The Morgan fingerprint density at radius 3 is 2.79 bits per heavy atom. The van der Waals surface area contributed by atoms with Crippen molar-refractivity contribution in [2.24, 2.45) is 5.92 Å². The van der Waals surface area contributed by atoms with Crippen LogP contribution in [0, 0.1) is 12.8 Å². The number of hydroxylamine groups is 2. The minimum Gasteiger partial charge on any atom is -0.493 e. The molecular weight excluding hydrogens is 372 g/mol. The Hall–Kier alpha value is -1.92. The lowest BCUT2D eigenvalue weighted by Crippen LogP contribution is -2.36. The van der Waals surface area contributed by atoms with Crippen molar-refractivity contribution >= 4 is 17.3 Å². The summed E-state index contributed by atoms with van der Waals surface area (Å²) in [7, 11) is 0. The average molecular weight is 403 g/mol. The van der Waals surface area contributed by atoms with Crippen LogP contribution >= 0.6 is 11.3 Å². The molecule has 6 heteroatoms. The molecule has 0 amide bonds. The highest BCUT2D eigenvalue weighted by molar-refractivity contribution is 7.09. The van der Waals surface area contributed by atoms with E-state index >= 15 is 0 Å². The average Bonchev–Trinajstić information content (AvgIpc) is 3.16. The Balaban J connectivity index is 1.38. The summed E-state index contributed by atoms with van der Waals surface area (Å²) >= 11 is 1.48. The number of hydrogen-bond donors (Lipinski definition) is 0. The van der Waals surface area contributed by atoms with Gasteiger partial charge < -0.3 is 9.57 Å². The van der Waals surface area contributed by atoms with Crippen molar-refractivity contribution in [3.63, 3.8) is 0 Å². The molecule has 2 aromatic rings. The summed E-state index contributed by atoms with van der Waals surface area (Å²) in [5.74, 6) is 1.86. The molecule has 1 aliphatic rings. The van der Waals surface area contributed by atoms with E-state index in [0.717, 1.165) is 49.7 Å². The van der Waals surface area contributed by atoms with Gasteiger partial charge in [-0.05, 0) is 55.2 Å². The molecule has 1 fully saturated rings. The number of nitrogens with zero attached hydrogens (tertiary/aromatic N) is 2. The van der Waals surface area contributed by atoms with Crippen molar-refractivity contribution in [1.82, 2.24) is 10.0 Å². The molecule has 1 aliphatic heterocycles. The van der Waals surface area contributed by atoms with Gasteiger partial charge in [-0.25, -0.2) is 9.78 Å². The Kier molecular flexibility index (Phi) is 7.45. The summed E-state index contributed by atoms with van der Waals surface area (Å²) in [4.78, 5) is 21.6. The van der Waals surface area contributed by atoms with Crippen LogP contribution in [0.3, 0.4) is 0 Å². The molecule has 0 atom stereocenters. The first-order chi connectivity index (χ1) is 13.5. The van der Waals surface area contributed by atoms with Crippen LogP contribution in [0.2, 0.25) is 0 Å². The molecule has 0 radical (unpaired) electrons. The third-order valence-corrected chi connectivity index (χ3v) is 5.94. The Bertz CT molecular complexity index is 753. The summed E-state index contributed by atoms with van der Waals surface area (Å²) < 4.78 is 6.13. The van der Waals surface area contributed by atoms with Crippen LogP contribution in [0.5, 0.6) is 5.75 Å². The molecule has 0 N–H and O–H groups in total. The number of aromatic nitrogens is 1. The third-order valence-electron chi connectivity index (χ3n) is 5.16. The van der Waals surface area contributed by atoms with Crippen LogP contribution in [0.1, 0.15) is 55.2 Å². The number of hydrogen-bond acceptors (Lipinski definition) is 6. The van der Waals surface area contributed by atoms with Crippen molar-refractivity contribution in [2.75, 3.05) is 19.7 Å². The lowest BCUT2D eigenvalue weighted by molar-refractivity contribution is -0.196. The van der Waals surface area contributed by atoms with E-state index in [1.807, 2.05) is 5.38 Å². The minimum atomic E-state index is -0.225. The first-order valence-corrected chi connectivity index (χ1v) is 11.0. The predicted molar refractivity (Wildman–Crippen MR) is 112 cm³/mol. The number of ether oxygens (including phenoxy) is 1. The summed E-state index contributed by atoms with van der Waals surface area (Å²) in [5, 5.41) is 4.47. The maximum absolute atomic E-state index is 12.0. The fraction of sp³-hybridized carbons (Fsp3) is 0.545. The zero-order valence-electron chi connectivity index (χ0n) is 17.0. The van der Waals surface area contributed by atoms with Gasteiger partial charge in [-0.2, -0.15) is 0 Å². The van der Waals surface area contributed by atoms with E-state index < -0.39 is 0 Å². The number of piperidine rings is 1. The summed E-state index contributed by atoms with van der Waals surface area (Å²) in [6.07, 6.45) is 5.05. The standard InChI is InChI=1S/C22H30N2O3S/c1-16(2)19-5-4-17(3)14-20(19)26-12-8-18-6-10-24(11-7-18)27-22(25)15-21-23-9-13-28-21/h4-5,9,13-14,16,18H,6-8,10-12,15H2,1-3H3. The quantitative estimate of drug-likeness (QED) is 0.637. The van der Waals surface area contributed by atoms with Gasteiger partial charge in [0.2, 0.25) is 0 Å². The molecule has 3 rings (SSSR count). The molecule has 0 unspecified atom stereocenters. The molecule has 1 aromatic heterocycles. The molecule has 5 nitrogen and oxygen atoms in total. The maximum atomic E-state index is 12.0. The number of rotatable bonds is 8. The van der Waals surface area contributed by atoms with Crippen molar-refractivity contribution < 1.29 is 14.4 Å². The van der Waals surface area contributed by atoms with Gasteiger partial charge in [0.25, 0.3) is 0 Å². The zero-order chi connectivity index (χ0) is 19.9. The van der Waals surface area contributed by atoms with Gasteiger partial charge in [0.05, 0.1) is 13.0 Å². The maximum Gasteiger partial charge on any atom is 0.331 e. The molecule has 28 heavy (non-hydrogen) atoms. The molecule has 0 bridgehead atoms. The molecule has 0 aliphatic carbocycles. The van der Waals surface area contributed by atoms with Crippen LogP contribution in [-0.4, -0.2) is 35.7 Å². The summed E-state index contributed by atoms with van der Waals surface area (Å²) in [6.45, 7) is 8.80. The zero-order valence-corrected chi connectivity index (χ0v) is 17.8. The van der Waals surface area contributed by atoms with Crippen LogP contribution in [0.4, 0.5) is 0 Å². The Morgan fingerprint density at radius 2 is 2.11 bits per heavy atom. The molecule has 0 saturated carbocycles. The van der Waals surface area contributed by atoms with Gasteiger partial charge >= 0.3 is 5.97 Å². The lowest BCUT2D eigenvalue weighted by atomic mass is 9.95. The van der Waals surface area contributed by atoms with Crippen molar-refractivity contribution in [1.29, 1.82) is 0 Å². The number of benzene rings is 1. The largest absolute Gasteiger partial charge is 0.493 e. The molecule has 2 heterocycles. The minimum absolute atomic E-state index is 0.225. The highest BCUT2D eigenvalue weighted by Gasteiger charge is 2.22. The van der Waals surface area contributed by atoms with Crippen LogP contribution in [-0.2, 0) is 16.1 Å². The Morgan fingerprint density at radius 1 is 1.32 bits per heavy atom. The van der Waals surface area contributed by atoms with Crippen LogP contribution in [0.25, 0.3) is 0 Å². The fourth-order valence-corrected chi connectivity index (χ4v) is 4.11. The predicted octanol–water partition coefficient (Wildman–Crippen LogP) is 4.76. The van der Waals surface area contributed by atoms with Crippen LogP contribution in [0.15, 0.2) is 29.8 Å². The van der Waals surface area contributed by atoms with E-state index in [1.54, 1.807) is 11.3 Å². The van der Waals surface area contributed by atoms with Crippen molar-refractivity contribution in [3.05, 3.63) is 45.9 Å². The fourth-order valence-electron chi connectivity index (χ4n) is 3.51. The van der Waals surface area contributed by atoms with Gasteiger partial charge in [-0.15, -0.1) is 16.4 Å². The van der Waals surface area contributed by atoms with Gasteiger partial charge in [-0.3, -0.25) is 0 Å². The van der Waals surface area contributed by atoms with E-state index in [2.05, 4.69) is 44.0 Å². The smallest absolute Gasteiger partial charge is 0.331 e. The molecule has 152 valence electrons. The molecular formula is C22H30N2O3S. The number of thiazole rings is 1. The van der Waals surface area contributed by atoms with E-state index in [9.17, 15) is 4.79 Å². The second-order valence-electron chi connectivity index (χ2n) is 7.77. The summed E-state index contributed by atoms with van der Waals surface area (Å²) in [5.41, 5.74) is 2.50. The van der Waals surface area contributed by atoms with E-state index in [-0.39, 0.29) is 12.4 Å². The van der Waals surface area contributed by atoms with E-state index in [4.69, 9.17) is 9.57 Å². The van der Waals surface area contributed by atoms with Crippen molar-refractivity contribution in [2.45, 2.75) is 52.4 Å².